The van der Waals surface area contributed by atoms with Crippen LogP contribution in [0.15, 0.2) is 84.2 Å². The maximum atomic E-state index is 15.0. The smallest absolute Gasteiger partial charge is 0.303 e. The third-order valence-corrected chi connectivity index (χ3v) is 5.98. The third-order valence-electron chi connectivity index (χ3n) is 5.98. The monoisotopic (exact) mass is 468 g/mol. The van der Waals surface area contributed by atoms with Crippen molar-refractivity contribution in [1.82, 2.24) is 15.0 Å². The summed E-state index contributed by atoms with van der Waals surface area (Å²) in [5, 5.41) is 14.9. The van der Waals surface area contributed by atoms with Gasteiger partial charge in [0.15, 0.2) is 0 Å². The molecule has 0 aliphatic carbocycles. The highest BCUT2D eigenvalue weighted by Crippen LogP contribution is 2.35. The molecule has 1 amide bonds. The van der Waals surface area contributed by atoms with Gasteiger partial charge in [0.1, 0.15) is 5.82 Å². The molecule has 0 bridgehead atoms. The summed E-state index contributed by atoms with van der Waals surface area (Å²) < 4.78 is 15.0. The van der Waals surface area contributed by atoms with Crippen LogP contribution in [-0.4, -0.2) is 37.7 Å². The number of halogens is 1. The first kappa shape index (κ1) is 22.3. The number of benzene rings is 3. The maximum absolute atomic E-state index is 15.0. The number of carbonyl (C=O) groups excluding carboxylic acids is 1. The van der Waals surface area contributed by atoms with Crippen LogP contribution in [0, 0.1) is 5.82 Å². The van der Waals surface area contributed by atoms with Gasteiger partial charge in [-0.05, 0) is 29.3 Å². The standard InChI is InChI=1S/C27H21FN4O3/c28-21-14-18(6-8-20(21)17-4-2-1-3-5-17)23-16-25(32(31-23)26(33)10-11-27(34)35)19-7-9-22-24(15-19)30-13-12-29-22/h1-9,12-15,25H,10-11,16H2,(H,34,35). The van der Waals surface area contributed by atoms with Crippen LogP contribution in [0.5, 0.6) is 0 Å². The summed E-state index contributed by atoms with van der Waals surface area (Å²) in [5.41, 5.74) is 4.56. The Morgan fingerprint density at radius 2 is 1.69 bits per heavy atom. The number of hydrogen-bond acceptors (Lipinski definition) is 5. The number of fused-ring (bicyclic) bond motifs is 1. The molecule has 1 aromatic heterocycles. The molecule has 35 heavy (non-hydrogen) atoms. The number of carbonyl (C=O) groups is 2. The highest BCUT2D eigenvalue weighted by Gasteiger charge is 2.33. The Hall–Kier alpha value is -4.46. The molecule has 0 spiro atoms. The van der Waals surface area contributed by atoms with Gasteiger partial charge < -0.3 is 5.11 Å². The first-order chi connectivity index (χ1) is 17.0. The van der Waals surface area contributed by atoms with Crippen molar-refractivity contribution in [3.63, 3.8) is 0 Å². The molecule has 1 aliphatic heterocycles. The Bertz CT molecular complexity index is 1460. The molecular formula is C27H21FN4O3. The van der Waals surface area contributed by atoms with E-state index < -0.39 is 17.9 Å². The fraction of sp³-hybridized carbons (Fsp3) is 0.148. The van der Waals surface area contributed by atoms with Crippen LogP contribution >= 0.6 is 0 Å². The van der Waals surface area contributed by atoms with Gasteiger partial charge in [-0.3, -0.25) is 19.6 Å². The van der Waals surface area contributed by atoms with Crippen molar-refractivity contribution in [2.24, 2.45) is 5.10 Å². The number of hydrazone groups is 1. The second-order valence-corrected chi connectivity index (χ2v) is 8.26. The minimum Gasteiger partial charge on any atom is -0.481 e. The van der Waals surface area contributed by atoms with Crippen LogP contribution < -0.4 is 0 Å². The summed E-state index contributed by atoms with van der Waals surface area (Å²) in [7, 11) is 0. The van der Waals surface area contributed by atoms with Crippen LogP contribution in [-0.2, 0) is 9.59 Å². The largest absolute Gasteiger partial charge is 0.481 e. The Morgan fingerprint density at radius 1 is 0.914 bits per heavy atom. The molecule has 5 rings (SSSR count). The van der Waals surface area contributed by atoms with Crippen LogP contribution in [0.25, 0.3) is 22.2 Å². The van der Waals surface area contributed by atoms with E-state index in [2.05, 4.69) is 15.1 Å². The molecule has 2 heterocycles. The average Bonchev–Trinajstić information content (AvgIpc) is 3.33. The quantitative estimate of drug-likeness (QED) is 0.431. The Kier molecular flexibility index (Phi) is 6.01. The first-order valence-corrected chi connectivity index (χ1v) is 11.2. The third kappa shape index (κ3) is 4.63. The SMILES string of the molecule is O=C(O)CCC(=O)N1N=C(c2ccc(-c3ccccc3)c(F)c2)CC1c1ccc2nccnc2c1. The lowest BCUT2D eigenvalue weighted by Gasteiger charge is -2.22. The van der Waals surface area contributed by atoms with Crippen molar-refractivity contribution in [2.75, 3.05) is 0 Å². The molecule has 4 aromatic rings. The summed E-state index contributed by atoms with van der Waals surface area (Å²) in [6.45, 7) is 0. The highest BCUT2D eigenvalue weighted by molar-refractivity contribution is 6.03. The summed E-state index contributed by atoms with van der Waals surface area (Å²) in [6, 6.07) is 19.2. The molecule has 0 saturated carbocycles. The second kappa shape index (κ2) is 9.42. The van der Waals surface area contributed by atoms with Crippen molar-refractivity contribution in [2.45, 2.75) is 25.3 Å². The number of carboxylic acid groups (broad SMARTS) is 1. The number of rotatable bonds is 6. The summed E-state index contributed by atoms with van der Waals surface area (Å²) in [5.74, 6) is -1.85. The lowest BCUT2D eigenvalue weighted by molar-refractivity contribution is -0.141. The van der Waals surface area contributed by atoms with Crippen molar-refractivity contribution < 1.29 is 19.1 Å². The molecule has 1 aliphatic rings. The number of carboxylic acids is 1. The van der Waals surface area contributed by atoms with Gasteiger partial charge >= 0.3 is 5.97 Å². The fourth-order valence-electron chi connectivity index (χ4n) is 4.24. The molecule has 0 saturated heterocycles. The van der Waals surface area contributed by atoms with E-state index in [4.69, 9.17) is 5.11 Å². The molecule has 0 fully saturated rings. The van der Waals surface area contributed by atoms with E-state index >= 15 is 4.39 Å². The molecular weight excluding hydrogens is 447 g/mol. The number of hydrogen-bond donors (Lipinski definition) is 1. The molecule has 174 valence electrons. The van der Waals surface area contributed by atoms with E-state index in [9.17, 15) is 9.59 Å². The normalized spacial score (nSPS) is 15.3. The summed E-state index contributed by atoms with van der Waals surface area (Å²) in [6.07, 6.45) is 3.08. The molecule has 3 aromatic carbocycles. The second-order valence-electron chi connectivity index (χ2n) is 8.26. The Morgan fingerprint density at radius 3 is 2.43 bits per heavy atom. The molecule has 8 heteroatoms. The summed E-state index contributed by atoms with van der Waals surface area (Å²) in [4.78, 5) is 32.6. The predicted molar refractivity (Wildman–Crippen MR) is 129 cm³/mol. The number of aliphatic carboxylic acids is 1. The first-order valence-electron chi connectivity index (χ1n) is 11.2. The zero-order valence-corrected chi connectivity index (χ0v) is 18.6. The zero-order valence-electron chi connectivity index (χ0n) is 18.6. The number of nitrogens with zero attached hydrogens (tertiary/aromatic N) is 4. The number of aromatic nitrogens is 2. The number of amides is 1. The topological polar surface area (TPSA) is 95.8 Å². The predicted octanol–water partition coefficient (Wildman–Crippen LogP) is 4.98. The van der Waals surface area contributed by atoms with E-state index in [1.165, 1.54) is 11.1 Å². The van der Waals surface area contributed by atoms with Gasteiger partial charge in [0.2, 0.25) is 5.91 Å². The Balaban J connectivity index is 1.49. The van der Waals surface area contributed by atoms with Crippen LogP contribution in [0.1, 0.15) is 36.4 Å². The van der Waals surface area contributed by atoms with Crippen LogP contribution in [0.2, 0.25) is 0 Å². The van der Waals surface area contributed by atoms with E-state index in [1.54, 1.807) is 24.5 Å². The molecule has 1 atom stereocenters. The van der Waals surface area contributed by atoms with Crippen molar-refractivity contribution in [3.05, 3.63) is 96.1 Å². The van der Waals surface area contributed by atoms with E-state index in [1.807, 2.05) is 48.5 Å². The van der Waals surface area contributed by atoms with Gasteiger partial charge in [-0.25, -0.2) is 9.40 Å². The lowest BCUT2D eigenvalue weighted by atomic mass is 9.96. The maximum Gasteiger partial charge on any atom is 0.303 e. The van der Waals surface area contributed by atoms with Gasteiger partial charge in [0, 0.05) is 36.4 Å². The van der Waals surface area contributed by atoms with Crippen LogP contribution in [0.4, 0.5) is 4.39 Å². The van der Waals surface area contributed by atoms with Crippen molar-refractivity contribution in [3.8, 4) is 11.1 Å². The molecule has 7 nitrogen and oxygen atoms in total. The molecule has 1 unspecified atom stereocenters. The van der Waals surface area contributed by atoms with Crippen molar-refractivity contribution in [1.29, 1.82) is 0 Å². The lowest BCUT2D eigenvalue weighted by Crippen LogP contribution is -2.27. The van der Waals surface area contributed by atoms with Gasteiger partial charge in [-0.2, -0.15) is 5.10 Å². The van der Waals surface area contributed by atoms with Crippen molar-refractivity contribution >= 4 is 28.6 Å². The highest BCUT2D eigenvalue weighted by atomic mass is 19.1. The summed E-state index contributed by atoms with van der Waals surface area (Å²) >= 11 is 0. The van der Waals surface area contributed by atoms with Gasteiger partial charge in [-0.15, -0.1) is 0 Å². The van der Waals surface area contributed by atoms with Gasteiger partial charge in [0.25, 0.3) is 0 Å². The fourth-order valence-corrected chi connectivity index (χ4v) is 4.24. The van der Waals surface area contributed by atoms with E-state index in [0.717, 1.165) is 16.6 Å². The van der Waals surface area contributed by atoms with Gasteiger partial charge in [0.05, 0.1) is 29.2 Å². The zero-order chi connectivity index (χ0) is 24.4. The van der Waals surface area contributed by atoms with Crippen LogP contribution in [0.3, 0.4) is 0 Å². The van der Waals surface area contributed by atoms with E-state index in [-0.39, 0.29) is 18.7 Å². The molecule has 0 radical (unpaired) electrons. The van der Waals surface area contributed by atoms with E-state index in [0.29, 0.717) is 28.8 Å². The van der Waals surface area contributed by atoms with Gasteiger partial charge in [-0.1, -0.05) is 48.5 Å². The average molecular weight is 468 g/mol. The molecule has 1 N–H and O–H groups in total. The minimum absolute atomic E-state index is 0.183. The minimum atomic E-state index is -1.06. The Labute approximate surface area is 200 Å².